The number of hydrogen-bond donors (Lipinski definition) is 0. The topological polar surface area (TPSA) is 0 Å². The smallest absolute Gasteiger partial charge is 0.0543 e. The molecule has 1 unspecified atom stereocenters. The van der Waals surface area contributed by atoms with Crippen molar-refractivity contribution in [2.75, 3.05) is 0 Å². The second-order valence-electron chi connectivity index (χ2n) is 4.07. The van der Waals surface area contributed by atoms with Gasteiger partial charge in [0.05, 0.1) is 4.83 Å². The number of alkyl halides is 1. The predicted octanol–water partition coefficient (Wildman–Crippen LogP) is 5.06. The summed E-state index contributed by atoms with van der Waals surface area (Å²) in [5.74, 6) is 0. The van der Waals surface area contributed by atoms with Gasteiger partial charge in [0, 0.05) is 14.2 Å². The van der Waals surface area contributed by atoms with E-state index in [2.05, 4.69) is 51.8 Å². The zero-order chi connectivity index (χ0) is 9.64. The van der Waals surface area contributed by atoms with E-state index < -0.39 is 0 Å². The summed E-state index contributed by atoms with van der Waals surface area (Å²) >= 11 is 9.26. The third kappa shape index (κ3) is 1.88. The molecular weight excluding hydrogens is 312 g/mol. The van der Waals surface area contributed by atoms with E-state index in [0.717, 1.165) is 0 Å². The van der Waals surface area contributed by atoms with Crippen LogP contribution in [-0.4, -0.2) is 0 Å². The molecule has 72 valence electrons. The summed E-state index contributed by atoms with van der Waals surface area (Å²) in [6.07, 6.45) is 2.72. The maximum Gasteiger partial charge on any atom is 0.0543 e. The average Bonchev–Trinajstić information content (AvgIpc) is 2.74. The summed E-state index contributed by atoms with van der Waals surface area (Å²) in [7, 11) is 0. The molecule has 0 N–H and O–H groups in total. The van der Waals surface area contributed by atoms with Crippen LogP contribution in [0.4, 0.5) is 0 Å². The van der Waals surface area contributed by atoms with Gasteiger partial charge in [-0.2, -0.15) is 0 Å². The molecule has 1 aliphatic carbocycles. The van der Waals surface area contributed by atoms with Crippen LogP contribution < -0.4 is 0 Å². The monoisotopic (exact) mass is 322 g/mol. The largest absolute Gasteiger partial charge is 0.143 e. The van der Waals surface area contributed by atoms with E-state index >= 15 is 0 Å². The maximum absolute atomic E-state index is 3.81. The second-order valence-corrected chi connectivity index (χ2v) is 7.13. The van der Waals surface area contributed by atoms with Gasteiger partial charge in [0.1, 0.15) is 0 Å². The van der Waals surface area contributed by atoms with Crippen molar-refractivity contribution in [3.63, 3.8) is 0 Å². The molecular formula is C10H12Br2S. The minimum absolute atomic E-state index is 0.525. The van der Waals surface area contributed by atoms with Crippen LogP contribution in [0.1, 0.15) is 34.3 Å². The molecule has 0 nitrogen and oxygen atoms in total. The Hall–Kier alpha value is 0.660. The highest BCUT2D eigenvalue weighted by atomic mass is 79.9. The van der Waals surface area contributed by atoms with Crippen LogP contribution in [0.2, 0.25) is 0 Å². The Bertz CT molecular complexity index is 306. The Morgan fingerprint density at radius 1 is 1.54 bits per heavy atom. The second kappa shape index (κ2) is 3.35. The van der Waals surface area contributed by atoms with E-state index in [9.17, 15) is 0 Å². The quantitative estimate of drug-likeness (QED) is 0.668. The molecule has 0 amide bonds. The van der Waals surface area contributed by atoms with Crippen LogP contribution in [0.15, 0.2) is 10.5 Å². The number of rotatable bonds is 2. The summed E-state index contributed by atoms with van der Waals surface area (Å²) in [4.78, 5) is 3.39. The first-order chi connectivity index (χ1) is 6.03. The van der Waals surface area contributed by atoms with Gasteiger partial charge in [0.25, 0.3) is 0 Å². The zero-order valence-corrected chi connectivity index (χ0v) is 11.7. The molecule has 0 spiro atoms. The fraction of sp³-hybridized carbons (Fsp3) is 0.600. The van der Waals surface area contributed by atoms with E-state index in [1.807, 2.05) is 11.3 Å². The molecule has 0 radical (unpaired) electrons. The van der Waals surface area contributed by atoms with Crippen LogP contribution in [0, 0.1) is 12.3 Å². The molecule has 1 atom stereocenters. The van der Waals surface area contributed by atoms with Crippen LogP contribution in [0.3, 0.4) is 0 Å². The Kier molecular flexibility index (Phi) is 2.63. The van der Waals surface area contributed by atoms with E-state index in [1.165, 1.54) is 27.1 Å². The molecule has 3 heteroatoms. The predicted molar refractivity (Wildman–Crippen MR) is 65.8 cm³/mol. The van der Waals surface area contributed by atoms with Crippen molar-refractivity contribution in [3.05, 3.63) is 20.3 Å². The molecule has 0 saturated heterocycles. The van der Waals surface area contributed by atoms with Gasteiger partial charge in [-0.15, -0.1) is 11.3 Å². The lowest BCUT2D eigenvalue weighted by Crippen LogP contribution is -2.00. The molecule has 1 aromatic rings. The minimum atomic E-state index is 0.525. The third-order valence-corrected chi connectivity index (χ3v) is 6.88. The Morgan fingerprint density at radius 3 is 2.54 bits per heavy atom. The van der Waals surface area contributed by atoms with E-state index in [4.69, 9.17) is 0 Å². The van der Waals surface area contributed by atoms with Crippen LogP contribution in [0.5, 0.6) is 0 Å². The zero-order valence-electron chi connectivity index (χ0n) is 7.73. The fourth-order valence-electron chi connectivity index (χ4n) is 1.40. The molecule has 2 rings (SSSR count). The summed E-state index contributed by atoms with van der Waals surface area (Å²) in [6, 6.07) is 2.25. The lowest BCUT2D eigenvalue weighted by atomic mass is 10.0. The van der Waals surface area contributed by atoms with Gasteiger partial charge >= 0.3 is 0 Å². The molecule has 0 aliphatic heterocycles. The van der Waals surface area contributed by atoms with Gasteiger partial charge in [-0.3, -0.25) is 0 Å². The van der Waals surface area contributed by atoms with Crippen molar-refractivity contribution >= 4 is 43.2 Å². The van der Waals surface area contributed by atoms with Gasteiger partial charge in [0.15, 0.2) is 0 Å². The highest BCUT2D eigenvalue weighted by Crippen LogP contribution is 2.59. The summed E-state index contributed by atoms with van der Waals surface area (Å²) < 4.78 is 1.25. The maximum atomic E-state index is 3.81. The Balaban J connectivity index is 2.25. The number of hydrogen-bond acceptors (Lipinski definition) is 1. The van der Waals surface area contributed by atoms with Crippen LogP contribution in [0.25, 0.3) is 0 Å². The van der Waals surface area contributed by atoms with E-state index in [-0.39, 0.29) is 0 Å². The number of halogens is 2. The van der Waals surface area contributed by atoms with Crippen molar-refractivity contribution in [1.82, 2.24) is 0 Å². The third-order valence-electron chi connectivity index (χ3n) is 2.78. The number of thiophene rings is 1. The van der Waals surface area contributed by atoms with Crippen molar-refractivity contribution in [2.24, 2.45) is 5.41 Å². The van der Waals surface area contributed by atoms with Gasteiger partial charge in [0.2, 0.25) is 0 Å². The van der Waals surface area contributed by atoms with Crippen molar-refractivity contribution < 1.29 is 0 Å². The normalized spacial score (nSPS) is 21.5. The Labute approximate surface area is 100.0 Å². The molecule has 13 heavy (non-hydrogen) atoms. The van der Waals surface area contributed by atoms with E-state index in [0.29, 0.717) is 10.2 Å². The Morgan fingerprint density at radius 2 is 2.15 bits per heavy atom. The lowest BCUT2D eigenvalue weighted by Gasteiger charge is -2.14. The van der Waals surface area contributed by atoms with Crippen LogP contribution in [-0.2, 0) is 0 Å². The molecule has 1 aliphatic rings. The molecule has 1 heterocycles. The lowest BCUT2D eigenvalue weighted by molar-refractivity contribution is 0.570. The molecule has 1 aromatic heterocycles. The van der Waals surface area contributed by atoms with Gasteiger partial charge in [-0.05, 0) is 47.2 Å². The summed E-state index contributed by atoms with van der Waals surface area (Å²) in [5, 5.41) is 0. The highest BCUT2D eigenvalue weighted by Gasteiger charge is 2.44. The SMILES string of the molecule is Cc1sc(C(Br)C2(C)CC2)cc1Br. The molecule has 0 aromatic carbocycles. The van der Waals surface area contributed by atoms with Crippen molar-refractivity contribution in [2.45, 2.75) is 31.5 Å². The van der Waals surface area contributed by atoms with Gasteiger partial charge in [-0.25, -0.2) is 0 Å². The first-order valence-corrected chi connectivity index (χ1v) is 6.95. The average molecular weight is 324 g/mol. The standard InChI is InChI=1S/C10H12Br2S/c1-6-7(11)5-8(13-6)9(12)10(2)3-4-10/h5,9H,3-4H2,1-2H3. The number of aryl methyl sites for hydroxylation is 1. The van der Waals surface area contributed by atoms with Gasteiger partial charge < -0.3 is 0 Å². The first kappa shape index (κ1) is 10.2. The van der Waals surface area contributed by atoms with Gasteiger partial charge in [-0.1, -0.05) is 22.9 Å². The first-order valence-electron chi connectivity index (χ1n) is 4.43. The van der Waals surface area contributed by atoms with Crippen molar-refractivity contribution in [3.8, 4) is 0 Å². The minimum Gasteiger partial charge on any atom is -0.143 e. The van der Waals surface area contributed by atoms with Crippen molar-refractivity contribution in [1.29, 1.82) is 0 Å². The fourth-order valence-corrected chi connectivity index (χ4v) is 3.99. The summed E-state index contributed by atoms with van der Waals surface area (Å²) in [6.45, 7) is 4.52. The summed E-state index contributed by atoms with van der Waals surface area (Å²) in [5.41, 5.74) is 0.525. The molecule has 0 bridgehead atoms. The highest BCUT2D eigenvalue weighted by molar-refractivity contribution is 9.10. The molecule has 1 fully saturated rings. The van der Waals surface area contributed by atoms with E-state index in [1.54, 1.807) is 0 Å². The molecule has 1 saturated carbocycles. The van der Waals surface area contributed by atoms with Crippen LogP contribution >= 0.6 is 43.2 Å².